The molecule has 0 spiro atoms. The monoisotopic (exact) mass is 1250 g/mol. The van der Waals surface area contributed by atoms with Gasteiger partial charge in [-0.1, -0.05) is 36.4 Å². The fraction of sp³-hybridized carbons (Fsp3) is 0.231. The molecule has 4 aromatic heterocycles. The molecule has 0 saturated heterocycles. The van der Waals surface area contributed by atoms with Crippen molar-refractivity contribution in [3.63, 3.8) is 0 Å². The number of hydrogen-bond donors (Lipinski definition) is 3. The molecule has 3 N–H and O–H groups in total. The zero-order valence-corrected chi connectivity index (χ0v) is 51.9. The van der Waals surface area contributed by atoms with Crippen molar-refractivity contribution >= 4 is 114 Å². The average Bonchev–Trinajstić information content (AvgIpc) is 1.72. The van der Waals surface area contributed by atoms with Crippen LogP contribution >= 0.6 is 0 Å². The first-order valence-corrected chi connectivity index (χ1v) is 32.7. The molecular formula is C65H67FN10O9S3. The molecule has 88 heavy (non-hydrogen) atoms. The van der Waals surface area contributed by atoms with Gasteiger partial charge in [0.25, 0.3) is 30.1 Å². The molecule has 7 heterocycles. The van der Waals surface area contributed by atoms with Crippen LogP contribution in [0.1, 0.15) is 56.7 Å². The van der Waals surface area contributed by atoms with Crippen molar-refractivity contribution in [1.29, 1.82) is 0 Å². The first-order valence-electron chi connectivity index (χ1n) is 28.4. The normalized spacial score (nSPS) is 15.3. The van der Waals surface area contributed by atoms with Crippen LogP contribution in [0.15, 0.2) is 185 Å². The number of hydrogen-bond acceptors (Lipinski definition) is 13. The maximum atomic E-state index is 14.0. The van der Waals surface area contributed by atoms with Crippen molar-refractivity contribution in [2.24, 2.45) is 0 Å². The molecule has 5 aromatic carbocycles. The zero-order chi connectivity index (χ0) is 62.7. The van der Waals surface area contributed by atoms with E-state index in [1.54, 1.807) is 61.2 Å². The molecule has 3 aliphatic rings. The number of benzene rings is 5. The van der Waals surface area contributed by atoms with Crippen LogP contribution in [0.25, 0.3) is 49.6 Å². The Balaban J connectivity index is 0.000000146. The Labute approximate surface area is 511 Å². The fourth-order valence-electron chi connectivity index (χ4n) is 10.8. The quantitative estimate of drug-likeness (QED) is 0.104. The lowest BCUT2D eigenvalue weighted by Crippen LogP contribution is -2.23. The first-order chi connectivity index (χ1) is 42.0. The number of fused-ring (bicyclic) bond motifs is 3. The minimum Gasteiger partial charge on any atom is -0.326 e. The van der Waals surface area contributed by atoms with E-state index in [-0.39, 0.29) is 32.4 Å². The summed E-state index contributed by atoms with van der Waals surface area (Å²) in [4.78, 5) is 44.9. The molecule has 0 bridgehead atoms. The largest absolute Gasteiger partial charge is 0.326 e. The molecule has 3 aliphatic heterocycles. The number of halogens is 1. The molecule has 19 nitrogen and oxygen atoms in total. The fourth-order valence-corrected chi connectivity index (χ4v) is 14.9. The molecule has 9 aromatic rings. The third-order valence-corrected chi connectivity index (χ3v) is 20.5. The Kier molecular flexibility index (Phi) is 18.3. The number of anilines is 3. The number of amides is 3. The van der Waals surface area contributed by atoms with E-state index < -0.39 is 35.9 Å². The molecule has 0 aliphatic carbocycles. The molecular weight excluding hydrogens is 1180 g/mol. The minimum absolute atomic E-state index is 0.0849. The van der Waals surface area contributed by atoms with Gasteiger partial charge in [0.15, 0.2) is 5.65 Å². The number of nitrogens with zero attached hydrogens (tertiary/aromatic N) is 7. The van der Waals surface area contributed by atoms with E-state index >= 15 is 0 Å². The number of para-hydroxylation sites is 1. The van der Waals surface area contributed by atoms with E-state index in [9.17, 15) is 44.0 Å². The highest BCUT2D eigenvalue weighted by Gasteiger charge is 2.28. The van der Waals surface area contributed by atoms with Crippen LogP contribution in [0, 0.1) is 5.82 Å². The first kappa shape index (κ1) is 62.2. The van der Waals surface area contributed by atoms with Crippen LogP contribution in [-0.4, -0.2) is 135 Å². The lowest BCUT2D eigenvalue weighted by molar-refractivity contribution is -0.115. The van der Waals surface area contributed by atoms with Gasteiger partial charge in [-0.25, -0.2) is 46.5 Å². The van der Waals surface area contributed by atoms with E-state index in [1.807, 2.05) is 43.4 Å². The van der Waals surface area contributed by atoms with Gasteiger partial charge < -0.3 is 30.7 Å². The lowest BCUT2D eigenvalue weighted by Gasteiger charge is -2.21. The van der Waals surface area contributed by atoms with Crippen molar-refractivity contribution < 1.29 is 44.0 Å². The van der Waals surface area contributed by atoms with E-state index in [2.05, 4.69) is 68.0 Å². The molecule has 0 saturated carbocycles. The summed E-state index contributed by atoms with van der Waals surface area (Å²) in [6.07, 6.45) is 15.5. The minimum atomic E-state index is -3.91. The summed E-state index contributed by atoms with van der Waals surface area (Å²) in [7, 11) is -5.36. The molecule has 12 rings (SSSR count). The molecule has 0 atom stereocenters. The Morgan fingerprint density at radius 1 is 0.443 bits per heavy atom. The van der Waals surface area contributed by atoms with Gasteiger partial charge >= 0.3 is 0 Å². The summed E-state index contributed by atoms with van der Waals surface area (Å²) in [5.41, 5.74) is 9.04. The maximum Gasteiger partial charge on any atom is 0.269 e. The van der Waals surface area contributed by atoms with E-state index in [1.165, 1.54) is 92.9 Å². The number of pyridine rings is 1. The number of rotatable bonds is 12. The van der Waals surface area contributed by atoms with E-state index in [0.717, 1.165) is 97.1 Å². The number of carbonyl (C=O) groups is 3. The second-order valence-corrected chi connectivity index (χ2v) is 27.4. The van der Waals surface area contributed by atoms with Gasteiger partial charge in [0, 0.05) is 135 Å². The molecule has 23 heteroatoms. The summed E-state index contributed by atoms with van der Waals surface area (Å²) in [6.45, 7) is 9.37. The van der Waals surface area contributed by atoms with Crippen molar-refractivity contribution in [3.05, 3.63) is 193 Å². The third-order valence-electron chi connectivity index (χ3n) is 15.4. The van der Waals surface area contributed by atoms with Crippen molar-refractivity contribution in [3.8, 4) is 0 Å². The van der Waals surface area contributed by atoms with Crippen LogP contribution in [0.2, 0.25) is 0 Å². The number of carbonyl (C=O) groups excluding carboxylic acids is 3. The number of aromatic nitrogens is 4. The van der Waals surface area contributed by atoms with Crippen LogP contribution in [0.4, 0.5) is 21.5 Å². The van der Waals surface area contributed by atoms with Crippen molar-refractivity contribution in [2.75, 3.05) is 76.4 Å². The Hall–Kier alpha value is -8.84. The van der Waals surface area contributed by atoms with Crippen molar-refractivity contribution in [2.45, 2.75) is 54.7 Å². The van der Waals surface area contributed by atoms with Gasteiger partial charge in [-0.05, 0) is 166 Å². The van der Waals surface area contributed by atoms with Gasteiger partial charge in [-0.15, -0.1) is 0 Å². The van der Waals surface area contributed by atoms with E-state index in [0.29, 0.717) is 39.1 Å². The Morgan fingerprint density at radius 2 is 0.807 bits per heavy atom. The van der Waals surface area contributed by atoms with Crippen LogP contribution < -0.4 is 16.0 Å². The maximum absolute atomic E-state index is 14.0. The van der Waals surface area contributed by atoms with Crippen molar-refractivity contribution in [1.82, 2.24) is 31.6 Å². The zero-order valence-electron chi connectivity index (χ0n) is 49.4. The topological polar surface area (TPSA) is 227 Å². The summed E-state index contributed by atoms with van der Waals surface area (Å²) in [5, 5.41) is 10.2. The van der Waals surface area contributed by atoms with Gasteiger partial charge in [0.05, 0.1) is 25.7 Å². The second-order valence-electron chi connectivity index (χ2n) is 21.9. The Morgan fingerprint density at radius 3 is 1.22 bits per heavy atom. The number of nitrogens with one attached hydrogen (secondary N) is 3. The van der Waals surface area contributed by atoms with Gasteiger partial charge in [-0.3, -0.25) is 14.4 Å². The summed E-state index contributed by atoms with van der Waals surface area (Å²) in [6, 6.07) is 33.8. The molecule has 0 unspecified atom stereocenters. The van der Waals surface area contributed by atoms with Gasteiger partial charge in [0.2, 0.25) is 17.7 Å². The second kappa shape index (κ2) is 25.9. The van der Waals surface area contributed by atoms with Crippen LogP contribution in [0.5, 0.6) is 0 Å². The molecule has 0 fully saturated rings. The number of likely N-dealkylation sites (N-methyl/N-ethyl adjacent to an activating group) is 3. The highest BCUT2D eigenvalue weighted by Crippen LogP contribution is 2.37. The summed E-state index contributed by atoms with van der Waals surface area (Å²) < 4.78 is 98.0. The van der Waals surface area contributed by atoms with Gasteiger partial charge in [-0.2, -0.15) is 0 Å². The smallest absolute Gasteiger partial charge is 0.269 e. The highest BCUT2D eigenvalue weighted by molar-refractivity contribution is 7.90. The molecule has 0 radical (unpaired) electrons. The Bertz CT molecular complexity index is 4420. The summed E-state index contributed by atoms with van der Waals surface area (Å²) in [5.74, 6) is -1.06. The third kappa shape index (κ3) is 13.5. The predicted octanol–water partition coefficient (Wildman–Crippen LogP) is 10.2. The van der Waals surface area contributed by atoms with Gasteiger partial charge in [0.1, 0.15) is 5.82 Å². The predicted molar refractivity (Wildman–Crippen MR) is 344 cm³/mol. The standard InChI is InChI=1S/C22H22FN3O3S.C22H23N3O3S.C21H22N4O3S/c1-15(27)24-18-4-6-19(7-5-18)30(28,29)26-14-21(16-9-11-25(2)12-10-16)20-13-17(23)3-8-22(20)26;1-16(26)23-18-7-9-19(10-8-18)29(27,28)25-15-21(17-11-13-24(2)14-12-17)20-5-3-4-6-22(20)25;1-15(26)23-17-5-7-18(8-6-17)29(27,28)25-14-20(16-9-12-24(2)13-10-16)19-4-3-11-22-21(19)25/h3-9,13-14H,10-12H2,1-2H3,(H,24,27);3-11,15H,12-14H2,1-2H3,(H,23,26);3-9,11,14H,10,12-13H2,1-2H3,(H,23,26). The average molecular weight is 1250 g/mol. The molecule has 3 amide bonds. The lowest BCUT2D eigenvalue weighted by atomic mass is 9.99. The highest BCUT2D eigenvalue weighted by atomic mass is 32.2. The SMILES string of the molecule is CC(=O)Nc1ccc(S(=O)(=O)n2cc(C3=CCN(C)CC3)c3cc(F)ccc32)cc1.CC(=O)Nc1ccc(S(=O)(=O)n2cc(C3=CCN(C)CC3)c3ccccc32)cc1.CC(=O)Nc1ccc(S(=O)(=O)n2cc(C3=CCN(C)CC3)c3cccnc32)cc1. The van der Waals surface area contributed by atoms with Crippen LogP contribution in [-0.2, 0) is 44.5 Å². The molecule has 456 valence electrons. The van der Waals surface area contributed by atoms with E-state index in [4.69, 9.17) is 0 Å². The van der Waals surface area contributed by atoms with Crippen LogP contribution in [0.3, 0.4) is 0 Å². The summed E-state index contributed by atoms with van der Waals surface area (Å²) >= 11 is 0.